The van der Waals surface area contributed by atoms with E-state index in [4.69, 9.17) is 0 Å². The monoisotopic (exact) mass is 274 g/mol. The van der Waals surface area contributed by atoms with Crippen LogP contribution in [0.15, 0.2) is 24.3 Å². The Morgan fingerprint density at radius 1 is 1.21 bits per heavy atom. The first-order chi connectivity index (χ1) is 8.95. The van der Waals surface area contributed by atoms with Gasteiger partial charge in [-0.3, -0.25) is 4.79 Å². The number of hydrogen-bond acceptors (Lipinski definition) is 2. The van der Waals surface area contributed by atoms with Crippen molar-refractivity contribution in [3.63, 3.8) is 0 Å². The van der Waals surface area contributed by atoms with Crippen molar-refractivity contribution in [1.82, 2.24) is 10.6 Å². The Balaban J connectivity index is 2.53. The highest BCUT2D eigenvalue weighted by Gasteiger charge is 2.30. The maximum absolute atomic E-state index is 12.5. The van der Waals surface area contributed by atoms with Gasteiger partial charge in [-0.25, -0.2) is 0 Å². The minimum atomic E-state index is -4.43. The van der Waals surface area contributed by atoms with Crippen LogP contribution < -0.4 is 10.6 Å². The van der Waals surface area contributed by atoms with Crippen molar-refractivity contribution >= 4 is 5.91 Å². The number of hydrogen-bond donors (Lipinski definition) is 2. The van der Waals surface area contributed by atoms with Gasteiger partial charge in [-0.15, -0.1) is 0 Å². The molecule has 0 saturated heterocycles. The van der Waals surface area contributed by atoms with E-state index < -0.39 is 17.6 Å². The van der Waals surface area contributed by atoms with Crippen molar-refractivity contribution in [3.05, 3.63) is 35.4 Å². The average Bonchev–Trinajstić information content (AvgIpc) is 2.37. The van der Waals surface area contributed by atoms with Gasteiger partial charge in [-0.2, -0.15) is 13.2 Å². The zero-order valence-corrected chi connectivity index (χ0v) is 10.7. The minimum absolute atomic E-state index is 0.0188. The number of alkyl halides is 3. The topological polar surface area (TPSA) is 41.1 Å². The number of halogens is 3. The van der Waals surface area contributed by atoms with Gasteiger partial charge in [0.1, 0.15) is 0 Å². The lowest BCUT2D eigenvalue weighted by Gasteiger charge is -2.09. The van der Waals surface area contributed by atoms with Gasteiger partial charge in [-0.1, -0.05) is 13.0 Å². The SMILES string of the molecule is CCCNCCNC(=O)c1cccc(C(F)(F)F)c1. The van der Waals surface area contributed by atoms with Crippen LogP contribution >= 0.6 is 0 Å². The fourth-order valence-electron chi connectivity index (χ4n) is 1.51. The molecule has 0 heterocycles. The number of carbonyl (C=O) groups excluding carboxylic acids is 1. The van der Waals surface area contributed by atoms with E-state index in [0.717, 1.165) is 25.1 Å². The smallest absolute Gasteiger partial charge is 0.351 e. The maximum Gasteiger partial charge on any atom is 0.416 e. The number of amides is 1. The van der Waals surface area contributed by atoms with Crippen molar-refractivity contribution in [2.24, 2.45) is 0 Å². The Labute approximate surface area is 110 Å². The Hall–Kier alpha value is -1.56. The van der Waals surface area contributed by atoms with E-state index in [2.05, 4.69) is 10.6 Å². The van der Waals surface area contributed by atoms with Crippen LogP contribution in [0.1, 0.15) is 29.3 Å². The van der Waals surface area contributed by atoms with E-state index >= 15 is 0 Å². The second-order valence-corrected chi connectivity index (χ2v) is 4.08. The minimum Gasteiger partial charge on any atom is -0.351 e. The van der Waals surface area contributed by atoms with Crippen molar-refractivity contribution in [2.75, 3.05) is 19.6 Å². The highest BCUT2D eigenvalue weighted by Crippen LogP contribution is 2.29. The standard InChI is InChI=1S/C13H17F3N2O/c1-2-6-17-7-8-18-12(19)10-4-3-5-11(9-10)13(14,15)16/h3-5,9,17H,2,6-8H2,1H3,(H,18,19). The largest absolute Gasteiger partial charge is 0.416 e. The average molecular weight is 274 g/mol. The second kappa shape index (κ2) is 7.13. The van der Waals surface area contributed by atoms with E-state index in [1.54, 1.807) is 0 Å². The summed E-state index contributed by atoms with van der Waals surface area (Å²) in [5.41, 5.74) is -0.797. The molecule has 0 saturated carbocycles. The molecule has 0 bridgehead atoms. The van der Waals surface area contributed by atoms with E-state index in [0.29, 0.717) is 13.1 Å². The molecular weight excluding hydrogens is 257 g/mol. The molecular formula is C13H17F3N2O. The Bertz CT molecular complexity index is 419. The van der Waals surface area contributed by atoms with Crippen LogP contribution in [-0.4, -0.2) is 25.5 Å². The van der Waals surface area contributed by atoms with Crippen molar-refractivity contribution in [2.45, 2.75) is 19.5 Å². The predicted octanol–water partition coefficient (Wildman–Crippen LogP) is 2.43. The predicted molar refractivity (Wildman–Crippen MR) is 66.9 cm³/mol. The summed E-state index contributed by atoms with van der Waals surface area (Å²) in [6.07, 6.45) is -3.44. The molecule has 6 heteroatoms. The Morgan fingerprint density at radius 2 is 1.95 bits per heavy atom. The fraction of sp³-hybridized carbons (Fsp3) is 0.462. The molecule has 19 heavy (non-hydrogen) atoms. The fourth-order valence-corrected chi connectivity index (χ4v) is 1.51. The summed E-state index contributed by atoms with van der Waals surface area (Å²) in [7, 11) is 0. The van der Waals surface area contributed by atoms with E-state index in [1.165, 1.54) is 12.1 Å². The van der Waals surface area contributed by atoms with Crippen LogP contribution in [0, 0.1) is 0 Å². The normalized spacial score (nSPS) is 11.4. The summed E-state index contributed by atoms with van der Waals surface area (Å²) in [6, 6.07) is 4.39. The summed E-state index contributed by atoms with van der Waals surface area (Å²) in [4.78, 5) is 11.7. The van der Waals surface area contributed by atoms with Gasteiger partial charge in [-0.05, 0) is 31.2 Å². The van der Waals surface area contributed by atoms with E-state index in [-0.39, 0.29) is 5.56 Å². The molecule has 3 nitrogen and oxygen atoms in total. The molecule has 0 aliphatic heterocycles. The molecule has 0 fully saturated rings. The third-order valence-electron chi connectivity index (χ3n) is 2.47. The zero-order chi connectivity index (χ0) is 14.3. The summed E-state index contributed by atoms with van der Waals surface area (Å²) in [5, 5.41) is 5.65. The van der Waals surface area contributed by atoms with E-state index in [1.807, 2.05) is 6.92 Å². The van der Waals surface area contributed by atoms with Gasteiger partial charge < -0.3 is 10.6 Å². The molecule has 0 radical (unpaired) electrons. The summed E-state index contributed by atoms with van der Waals surface area (Å²) in [6.45, 7) is 3.85. The third-order valence-corrected chi connectivity index (χ3v) is 2.47. The van der Waals surface area contributed by atoms with Gasteiger partial charge in [0.15, 0.2) is 0 Å². The van der Waals surface area contributed by atoms with Crippen LogP contribution in [0.25, 0.3) is 0 Å². The molecule has 0 aliphatic carbocycles. The molecule has 106 valence electrons. The molecule has 0 aliphatic rings. The Kier molecular flexibility index (Phi) is 5.82. The quantitative estimate of drug-likeness (QED) is 0.782. The number of nitrogens with one attached hydrogen (secondary N) is 2. The summed E-state index contributed by atoms with van der Waals surface area (Å²) >= 11 is 0. The van der Waals surface area contributed by atoms with Crippen LogP contribution in [0.5, 0.6) is 0 Å². The van der Waals surface area contributed by atoms with Gasteiger partial charge in [0.25, 0.3) is 5.91 Å². The molecule has 0 atom stereocenters. The van der Waals surface area contributed by atoms with Gasteiger partial charge in [0.05, 0.1) is 5.56 Å². The molecule has 1 rings (SSSR count). The second-order valence-electron chi connectivity index (χ2n) is 4.08. The Morgan fingerprint density at radius 3 is 2.58 bits per heavy atom. The third kappa shape index (κ3) is 5.30. The van der Waals surface area contributed by atoms with Gasteiger partial charge >= 0.3 is 6.18 Å². The zero-order valence-electron chi connectivity index (χ0n) is 10.7. The maximum atomic E-state index is 12.5. The number of rotatable bonds is 6. The molecule has 0 unspecified atom stereocenters. The first-order valence-electron chi connectivity index (χ1n) is 6.11. The molecule has 0 aromatic heterocycles. The molecule has 1 amide bonds. The summed E-state index contributed by atoms with van der Waals surface area (Å²) in [5.74, 6) is -0.496. The van der Waals surface area contributed by atoms with Crippen molar-refractivity contribution < 1.29 is 18.0 Å². The molecule has 1 aromatic carbocycles. The van der Waals surface area contributed by atoms with Crippen LogP contribution in [-0.2, 0) is 6.18 Å². The summed E-state index contributed by atoms with van der Waals surface area (Å²) < 4.78 is 37.4. The highest BCUT2D eigenvalue weighted by atomic mass is 19.4. The van der Waals surface area contributed by atoms with Crippen molar-refractivity contribution in [1.29, 1.82) is 0 Å². The van der Waals surface area contributed by atoms with Gasteiger partial charge in [0.2, 0.25) is 0 Å². The number of carbonyl (C=O) groups is 1. The van der Waals surface area contributed by atoms with Crippen LogP contribution in [0.4, 0.5) is 13.2 Å². The first kappa shape index (κ1) is 15.5. The lowest BCUT2D eigenvalue weighted by molar-refractivity contribution is -0.137. The molecule has 1 aromatic rings. The van der Waals surface area contributed by atoms with Gasteiger partial charge in [0, 0.05) is 18.7 Å². The lowest BCUT2D eigenvalue weighted by atomic mass is 10.1. The van der Waals surface area contributed by atoms with E-state index in [9.17, 15) is 18.0 Å². The first-order valence-corrected chi connectivity index (χ1v) is 6.11. The van der Waals surface area contributed by atoms with Crippen molar-refractivity contribution in [3.8, 4) is 0 Å². The highest BCUT2D eigenvalue weighted by molar-refractivity contribution is 5.94. The van der Waals surface area contributed by atoms with Crippen LogP contribution in [0.2, 0.25) is 0 Å². The molecule has 0 spiro atoms. The van der Waals surface area contributed by atoms with Crippen LogP contribution in [0.3, 0.4) is 0 Å². The molecule has 2 N–H and O–H groups in total. The number of benzene rings is 1. The lowest BCUT2D eigenvalue weighted by Crippen LogP contribution is -2.32.